The lowest BCUT2D eigenvalue weighted by Gasteiger charge is -2.18. The van der Waals surface area contributed by atoms with Crippen LogP contribution in [-0.2, 0) is 13.0 Å². The molecular weight excluding hydrogens is 402 g/mol. The minimum Gasteiger partial charge on any atom is -0.492 e. The van der Waals surface area contributed by atoms with E-state index in [4.69, 9.17) is 4.74 Å². The lowest BCUT2D eigenvalue weighted by atomic mass is 10.1. The van der Waals surface area contributed by atoms with Crippen LogP contribution in [0.4, 0.5) is 16.2 Å². The molecule has 0 fully saturated rings. The normalized spacial score (nSPS) is 12.2. The highest BCUT2D eigenvalue weighted by Gasteiger charge is 2.25. The highest BCUT2D eigenvalue weighted by Crippen LogP contribution is 2.30. The topological polar surface area (TPSA) is 70.7 Å². The number of carbonyl (C=O) groups excluding carboxylic acids is 2. The van der Waals surface area contributed by atoms with Crippen molar-refractivity contribution in [2.75, 3.05) is 23.4 Å². The molecule has 0 bridgehead atoms. The predicted octanol–water partition coefficient (Wildman–Crippen LogP) is 4.92. The molecule has 0 radical (unpaired) electrons. The molecule has 1 aliphatic rings. The standard InChI is InChI=1S/C26H27N3O3/c1-3-32-24-7-5-4-6-22(24)28-26(31)27-17-19-10-13-20-14-15-29(23(20)16-19)25(30)21-11-8-18(2)9-12-21/h4-13,16H,3,14-15,17H2,1-2H3,(H2,27,28,31). The van der Waals surface area contributed by atoms with Gasteiger partial charge in [-0.25, -0.2) is 4.79 Å². The number of benzene rings is 3. The lowest BCUT2D eigenvalue weighted by molar-refractivity contribution is 0.0989. The predicted molar refractivity (Wildman–Crippen MR) is 126 cm³/mol. The Kier molecular flexibility index (Phi) is 6.40. The second kappa shape index (κ2) is 9.56. The number of anilines is 2. The van der Waals surface area contributed by atoms with Crippen LogP contribution in [0, 0.1) is 6.92 Å². The molecular formula is C26H27N3O3. The zero-order valence-electron chi connectivity index (χ0n) is 18.4. The Labute approximate surface area is 188 Å². The Hall–Kier alpha value is -3.80. The van der Waals surface area contributed by atoms with E-state index in [9.17, 15) is 9.59 Å². The van der Waals surface area contributed by atoms with Crippen molar-refractivity contribution in [1.82, 2.24) is 5.32 Å². The highest BCUT2D eigenvalue weighted by molar-refractivity contribution is 6.07. The number of fused-ring (bicyclic) bond motifs is 1. The molecule has 164 valence electrons. The van der Waals surface area contributed by atoms with Crippen LogP contribution in [0.2, 0.25) is 0 Å². The largest absolute Gasteiger partial charge is 0.492 e. The van der Waals surface area contributed by atoms with Crippen molar-refractivity contribution in [3.63, 3.8) is 0 Å². The van der Waals surface area contributed by atoms with Gasteiger partial charge in [0, 0.05) is 24.3 Å². The summed E-state index contributed by atoms with van der Waals surface area (Å²) in [4.78, 5) is 27.3. The zero-order valence-corrected chi connectivity index (χ0v) is 18.4. The van der Waals surface area contributed by atoms with E-state index in [1.54, 1.807) is 6.07 Å². The van der Waals surface area contributed by atoms with E-state index in [-0.39, 0.29) is 11.9 Å². The van der Waals surface area contributed by atoms with E-state index in [2.05, 4.69) is 10.6 Å². The van der Waals surface area contributed by atoms with Crippen LogP contribution in [-0.4, -0.2) is 25.1 Å². The third kappa shape index (κ3) is 4.75. The summed E-state index contributed by atoms with van der Waals surface area (Å²) in [5, 5.41) is 5.71. The molecule has 6 heteroatoms. The van der Waals surface area contributed by atoms with Crippen molar-refractivity contribution in [3.8, 4) is 5.75 Å². The molecule has 0 aromatic heterocycles. The molecule has 3 aromatic rings. The van der Waals surface area contributed by atoms with Crippen molar-refractivity contribution in [2.45, 2.75) is 26.8 Å². The van der Waals surface area contributed by atoms with Gasteiger partial charge in [-0.2, -0.15) is 0 Å². The first-order valence-electron chi connectivity index (χ1n) is 10.8. The molecule has 0 atom stereocenters. The number of hydrogen-bond acceptors (Lipinski definition) is 3. The molecule has 32 heavy (non-hydrogen) atoms. The number of hydrogen-bond donors (Lipinski definition) is 2. The number of nitrogens with one attached hydrogen (secondary N) is 2. The SMILES string of the molecule is CCOc1ccccc1NC(=O)NCc1ccc2c(c1)N(C(=O)c1ccc(C)cc1)CC2. The number of nitrogens with zero attached hydrogens (tertiary/aromatic N) is 1. The third-order valence-electron chi connectivity index (χ3n) is 5.48. The van der Waals surface area contributed by atoms with Crippen LogP contribution < -0.4 is 20.3 Å². The van der Waals surface area contributed by atoms with Gasteiger partial charge in [0.1, 0.15) is 5.75 Å². The van der Waals surface area contributed by atoms with Gasteiger partial charge in [0.15, 0.2) is 0 Å². The van der Waals surface area contributed by atoms with Crippen molar-refractivity contribution in [1.29, 1.82) is 0 Å². The quantitative estimate of drug-likeness (QED) is 0.584. The van der Waals surface area contributed by atoms with E-state index >= 15 is 0 Å². The van der Waals surface area contributed by atoms with Crippen molar-refractivity contribution < 1.29 is 14.3 Å². The average Bonchev–Trinajstić information content (AvgIpc) is 3.22. The summed E-state index contributed by atoms with van der Waals surface area (Å²) in [6.45, 7) is 5.44. The number of para-hydroxylation sites is 2. The Morgan fingerprint density at radius 2 is 1.81 bits per heavy atom. The second-order valence-corrected chi connectivity index (χ2v) is 7.77. The molecule has 1 aliphatic heterocycles. The molecule has 3 amide bonds. The minimum absolute atomic E-state index is 0.000802. The van der Waals surface area contributed by atoms with Gasteiger partial charge >= 0.3 is 6.03 Å². The Balaban J connectivity index is 1.42. The van der Waals surface area contributed by atoms with E-state index in [1.165, 1.54) is 0 Å². The maximum Gasteiger partial charge on any atom is 0.319 e. The van der Waals surface area contributed by atoms with Crippen LogP contribution in [0.15, 0.2) is 66.7 Å². The van der Waals surface area contributed by atoms with Crippen molar-refractivity contribution in [2.24, 2.45) is 0 Å². The fraction of sp³-hybridized carbons (Fsp3) is 0.231. The smallest absolute Gasteiger partial charge is 0.319 e. The van der Waals surface area contributed by atoms with Crippen LogP contribution in [0.5, 0.6) is 5.75 Å². The summed E-state index contributed by atoms with van der Waals surface area (Å²) in [5.74, 6) is 0.632. The summed E-state index contributed by atoms with van der Waals surface area (Å²) in [6.07, 6.45) is 0.829. The van der Waals surface area contributed by atoms with Gasteiger partial charge in [-0.15, -0.1) is 0 Å². The molecule has 1 heterocycles. The van der Waals surface area contributed by atoms with Crippen LogP contribution >= 0.6 is 0 Å². The molecule has 0 aliphatic carbocycles. The summed E-state index contributed by atoms with van der Waals surface area (Å²) < 4.78 is 5.55. The minimum atomic E-state index is -0.315. The molecule has 0 spiro atoms. The molecule has 0 saturated heterocycles. The first-order valence-corrected chi connectivity index (χ1v) is 10.8. The van der Waals surface area contributed by atoms with E-state index in [1.807, 2.05) is 79.4 Å². The Morgan fingerprint density at radius 1 is 1.03 bits per heavy atom. The number of urea groups is 1. The number of aryl methyl sites for hydroxylation is 1. The maximum absolute atomic E-state index is 13.0. The van der Waals surface area contributed by atoms with Gasteiger partial charge < -0.3 is 20.3 Å². The average molecular weight is 430 g/mol. The first kappa shape index (κ1) is 21.4. The molecule has 0 unspecified atom stereocenters. The fourth-order valence-electron chi connectivity index (χ4n) is 3.80. The van der Waals surface area contributed by atoms with Gasteiger partial charge in [-0.05, 0) is 61.7 Å². The molecule has 0 saturated carbocycles. The summed E-state index contributed by atoms with van der Waals surface area (Å²) in [6, 6.07) is 20.7. The van der Waals surface area contributed by atoms with Gasteiger partial charge in [-0.3, -0.25) is 4.79 Å². The number of ether oxygens (including phenoxy) is 1. The Bertz CT molecular complexity index is 1130. The maximum atomic E-state index is 13.0. The molecule has 2 N–H and O–H groups in total. The van der Waals surface area contributed by atoms with E-state index < -0.39 is 0 Å². The fourth-order valence-corrected chi connectivity index (χ4v) is 3.80. The van der Waals surface area contributed by atoms with E-state index in [0.29, 0.717) is 36.7 Å². The zero-order chi connectivity index (χ0) is 22.5. The van der Waals surface area contributed by atoms with Gasteiger partial charge in [0.05, 0.1) is 12.3 Å². The van der Waals surface area contributed by atoms with Crippen LogP contribution in [0.3, 0.4) is 0 Å². The molecule has 4 rings (SSSR count). The summed E-state index contributed by atoms with van der Waals surface area (Å²) in [7, 11) is 0. The summed E-state index contributed by atoms with van der Waals surface area (Å²) in [5.41, 5.74) is 5.41. The van der Waals surface area contributed by atoms with Crippen molar-refractivity contribution >= 4 is 23.3 Å². The van der Waals surface area contributed by atoms with Gasteiger partial charge in [-0.1, -0.05) is 42.0 Å². The van der Waals surface area contributed by atoms with Crippen LogP contribution in [0.1, 0.15) is 34.0 Å². The summed E-state index contributed by atoms with van der Waals surface area (Å²) >= 11 is 0. The second-order valence-electron chi connectivity index (χ2n) is 7.77. The molecule has 3 aromatic carbocycles. The van der Waals surface area contributed by atoms with Gasteiger partial charge in [0.2, 0.25) is 0 Å². The van der Waals surface area contributed by atoms with Crippen molar-refractivity contribution in [3.05, 3.63) is 89.0 Å². The third-order valence-corrected chi connectivity index (χ3v) is 5.48. The highest BCUT2D eigenvalue weighted by atomic mass is 16.5. The number of carbonyl (C=O) groups is 2. The molecule has 6 nitrogen and oxygen atoms in total. The first-order chi connectivity index (χ1) is 15.5. The number of rotatable bonds is 6. The van der Waals surface area contributed by atoms with Gasteiger partial charge in [0.25, 0.3) is 5.91 Å². The van der Waals surface area contributed by atoms with E-state index in [0.717, 1.165) is 28.8 Å². The van der Waals surface area contributed by atoms with Crippen LogP contribution in [0.25, 0.3) is 0 Å². The monoisotopic (exact) mass is 429 g/mol. The lowest BCUT2D eigenvalue weighted by Crippen LogP contribution is -2.29. The number of amides is 3. The Morgan fingerprint density at radius 3 is 2.59 bits per heavy atom.